The molecule has 0 radical (unpaired) electrons. The Morgan fingerprint density at radius 1 is 1.14 bits per heavy atom. The maximum atomic E-state index is 13.6. The third-order valence-corrected chi connectivity index (χ3v) is 4.92. The normalized spacial score (nSPS) is 10.9. The zero-order valence-electron chi connectivity index (χ0n) is 16.1. The van der Waals surface area contributed by atoms with Crippen LogP contribution in [0.4, 0.5) is 10.1 Å². The van der Waals surface area contributed by atoms with Crippen molar-refractivity contribution in [2.24, 2.45) is 7.05 Å². The fraction of sp³-hybridized carbons (Fsp3) is 0.0870. The van der Waals surface area contributed by atoms with Crippen molar-refractivity contribution >= 4 is 22.6 Å². The fourth-order valence-corrected chi connectivity index (χ4v) is 3.38. The quantitative estimate of drug-likeness (QED) is 0.381. The highest BCUT2D eigenvalue weighted by molar-refractivity contribution is 6.01. The molecule has 1 amide bonds. The van der Waals surface area contributed by atoms with E-state index in [-0.39, 0.29) is 5.91 Å². The maximum absolute atomic E-state index is 13.6. The summed E-state index contributed by atoms with van der Waals surface area (Å²) in [6.07, 6.45) is 6.47. The van der Waals surface area contributed by atoms with E-state index < -0.39 is 5.95 Å². The van der Waals surface area contributed by atoms with Gasteiger partial charge in [-0.25, -0.2) is 9.97 Å². The minimum Gasteiger partial charge on any atom is -0.335 e. The molecule has 144 valence electrons. The largest absolute Gasteiger partial charge is 0.335 e. The number of fused-ring (bicyclic) bond motifs is 1. The summed E-state index contributed by atoms with van der Waals surface area (Å²) in [5, 5.41) is 0.913. The van der Waals surface area contributed by atoms with Crippen LogP contribution in [0.3, 0.4) is 0 Å². The lowest BCUT2D eigenvalue weighted by atomic mass is 10.0. The Labute approximate surface area is 167 Å². The number of aromatic nitrogens is 3. The smallest absolute Gasteiger partial charge is 0.250 e. The van der Waals surface area contributed by atoms with Crippen molar-refractivity contribution < 1.29 is 9.18 Å². The van der Waals surface area contributed by atoms with Gasteiger partial charge in [0.1, 0.15) is 5.65 Å². The minimum absolute atomic E-state index is 0.180. The first-order valence-electron chi connectivity index (χ1n) is 9.05. The van der Waals surface area contributed by atoms with E-state index in [1.54, 1.807) is 19.3 Å². The van der Waals surface area contributed by atoms with Crippen molar-refractivity contribution in [2.45, 2.75) is 0 Å². The number of rotatable bonds is 4. The van der Waals surface area contributed by atoms with Crippen LogP contribution in [0.1, 0.15) is 0 Å². The second-order valence-corrected chi connectivity index (χ2v) is 6.77. The average molecular weight is 386 g/mol. The Kier molecular flexibility index (Phi) is 4.68. The summed E-state index contributed by atoms with van der Waals surface area (Å²) in [6, 6.07) is 12.9. The predicted molar refractivity (Wildman–Crippen MR) is 113 cm³/mol. The van der Waals surface area contributed by atoms with Crippen LogP contribution in [0.5, 0.6) is 0 Å². The molecule has 4 aromatic rings. The average Bonchev–Trinajstić information content (AvgIpc) is 3.08. The van der Waals surface area contributed by atoms with Gasteiger partial charge in [-0.05, 0) is 41.5 Å². The number of amides is 1. The lowest BCUT2D eigenvalue weighted by Crippen LogP contribution is -2.23. The SMILES string of the molecule is C=CC(=O)N(C)c1cccc(-c2cnc3c(c2)c(-c2ccnc(F)c2)cn3C)c1. The number of pyridine rings is 2. The van der Waals surface area contributed by atoms with E-state index in [9.17, 15) is 9.18 Å². The summed E-state index contributed by atoms with van der Waals surface area (Å²) >= 11 is 0. The fourth-order valence-electron chi connectivity index (χ4n) is 3.38. The van der Waals surface area contributed by atoms with E-state index in [1.165, 1.54) is 23.2 Å². The number of nitrogens with zero attached hydrogens (tertiary/aromatic N) is 4. The van der Waals surface area contributed by atoms with Crippen molar-refractivity contribution in [2.75, 3.05) is 11.9 Å². The molecule has 3 aromatic heterocycles. The first-order chi connectivity index (χ1) is 14.0. The third-order valence-electron chi connectivity index (χ3n) is 4.92. The van der Waals surface area contributed by atoms with Gasteiger partial charge in [0.2, 0.25) is 11.9 Å². The van der Waals surface area contributed by atoms with E-state index in [2.05, 4.69) is 16.5 Å². The molecule has 0 bridgehead atoms. The molecule has 29 heavy (non-hydrogen) atoms. The second kappa shape index (κ2) is 7.31. The highest BCUT2D eigenvalue weighted by Gasteiger charge is 2.13. The van der Waals surface area contributed by atoms with Crippen LogP contribution < -0.4 is 4.90 Å². The van der Waals surface area contributed by atoms with Gasteiger partial charge in [-0.15, -0.1) is 0 Å². The molecule has 0 saturated carbocycles. The van der Waals surface area contributed by atoms with E-state index >= 15 is 0 Å². The van der Waals surface area contributed by atoms with Crippen molar-refractivity contribution in [3.05, 3.63) is 79.7 Å². The van der Waals surface area contributed by atoms with Crippen LogP contribution in [0, 0.1) is 5.95 Å². The summed E-state index contributed by atoms with van der Waals surface area (Å²) in [4.78, 5) is 21.7. The molecular weight excluding hydrogens is 367 g/mol. The van der Waals surface area contributed by atoms with Gasteiger partial charge in [-0.1, -0.05) is 18.7 Å². The molecule has 0 N–H and O–H groups in total. The van der Waals surface area contributed by atoms with Gasteiger partial charge in [-0.3, -0.25) is 4.79 Å². The summed E-state index contributed by atoms with van der Waals surface area (Å²) in [5.74, 6) is -0.702. The standard InChI is InChI=1S/C23H19FN4O/c1-4-22(29)28(3)18-7-5-6-15(10-18)17-11-19-20(14-27(2)23(19)26-13-17)16-8-9-25-21(24)12-16/h4-14H,1H2,2-3H3. The van der Waals surface area contributed by atoms with Crippen LogP contribution >= 0.6 is 0 Å². The summed E-state index contributed by atoms with van der Waals surface area (Å²) in [6.45, 7) is 3.53. The first kappa shape index (κ1) is 18.6. The molecule has 0 atom stereocenters. The number of likely N-dealkylation sites (N-methyl/N-ethyl adjacent to an activating group) is 1. The lowest BCUT2D eigenvalue weighted by Gasteiger charge is -2.16. The molecule has 0 fully saturated rings. The Balaban J connectivity index is 1.83. The Morgan fingerprint density at radius 3 is 2.72 bits per heavy atom. The van der Waals surface area contributed by atoms with Crippen LogP contribution in [-0.2, 0) is 11.8 Å². The molecule has 0 unspecified atom stereocenters. The molecule has 6 heteroatoms. The number of hydrogen-bond donors (Lipinski definition) is 0. The number of halogens is 1. The van der Waals surface area contributed by atoms with Gasteiger partial charge >= 0.3 is 0 Å². The number of hydrogen-bond acceptors (Lipinski definition) is 3. The lowest BCUT2D eigenvalue weighted by molar-refractivity contribution is -0.113. The topological polar surface area (TPSA) is 51.0 Å². The van der Waals surface area contributed by atoms with Crippen molar-refractivity contribution in [1.29, 1.82) is 0 Å². The van der Waals surface area contributed by atoms with E-state index in [0.717, 1.165) is 39.0 Å². The molecule has 0 aliphatic heterocycles. The Hall–Kier alpha value is -3.80. The van der Waals surface area contributed by atoms with Crippen molar-refractivity contribution in [3.8, 4) is 22.3 Å². The maximum Gasteiger partial charge on any atom is 0.250 e. The van der Waals surface area contributed by atoms with E-state index in [0.29, 0.717) is 0 Å². The van der Waals surface area contributed by atoms with Gasteiger partial charge in [0, 0.05) is 61.0 Å². The number of carbonyl (C=O) groups excluding carboxylic acids is 1. The highest BCUT2D eigenvalue weighted by Crippen LogP contribution is 2.33. The highest BCUT2D eigenvalue weighted by atomic mass is 19.1. The van der Waals surface area contributed by atoms with Crippen LogP contribution in [-0.4, -0.2) is 27.5 Å². The molecule has 0 spiro atoms. The second-order valence-electron chi connectivity index (χ2n) is 6.77. The number of benzene rings is 1. The number of aryl methyl sites for hydroxylation is 1. The van der Waals surface area contributed by atoms with Gasteiger partial charge in [0.05, 0.1) is 0 Å². The van der Waals surface area contributed by atoms with E-state index in [1.807, 2.05) is 48.1 Å². The van der Waals surface area contributed by atoms with Crippen LogP contribution in [0.2, 0.25) is 0 Å². The summed E-state index contributed by atoms with van der Waals surface area (Å²) < 4.78 is 15.6. The van der Waals surface area contributed by atoms with Crippen LogP contribution in [0.15, 0.2) is 73.7 Å². The Bertz CT molecular complexity index is 1240. The molecule has 0 aliphatic rings. The molecular formula is C23H19FN4O. The molecule has 0 aliphatic carbocycles. The first-order valence-corrected chi connectivity index (χ1v) is 9.05. The number of anilines is 1. The minimum atomic E-state index is -0.522. The molecule has 1 aromatic carbocycles. The third kappa shape index (κ3) is 3.40. The van der Waals surface area contributed by atoms with E-state index in [4.69, 9.17) is 0 Å². The van der Waals surface area contributed by atoms with Crippen molar-refractivity contribution in [1.82, 2.24) is 14.5 Å². The van der Waals surface area contributed by atoms with Gasteiger partial charge in [-0.2, -0.15) is 4.39 Å². The summed E-state index contributed by atoms with van der Waals surface area (Å²) in [7, 11) is 3.62. The molecule has 4 rings (SSSR count). The summed E-state index contributed by atoms with van der Waals surface area (Å²) in [5.41, 5.74) is 5.02. The molecule has 3 heterocycles. The zero-order chi connectivity index (χ0) is 20.5. The van der Waals surface area contributed by atoms with Gasteiger partial charge in [0.15, 0.2) is 0 Å². The number of carbonyl (C=O) groups is 1. The monoisotopic (exact) mass is 386 g/mol. The predicted octanol–water partition coefficient (Wildman–Crippen LogP) is 4.59. The Morgan fingerprint density at radius 2 is 1.97 bits per heavy atom. The van der Waals surface area contributed by atoms with Crippen LogP contribution in [0.25, 0.3) is 33.3 Å². The zero-order valence-corrected chi connectivity index (χ0v) is 16.1. The molecule has 5 nitrogen and oxygen atoms in total. The van der Waals surface area contributed by atoms with Gasteiger partial charge < -0.3 is 9.47 Å². The van der Waals surface area contributed by atoms with Gasteiger partial charge in [0.25, 0.3) is 0 Å². The van der Waals surface area contributed by atoms with Crippen molar-refractivity contribution in [3.63, 3.8) is 0 Å². The molecule has 0 saturated heterocycles.